The zero-order valence-electron chi connectivity index (χ0n) is 14.3. The zero-order chi connectivity index (χ0) is 19.6. The van der Waals surface area contributed by atoms with E-state index in [-0.39, 0.29) is 0 Å². The molecule has 1 amide bonds. The molecule has 0 aliphatic carbocycles. The third-order valence-corrected chi connectivity index (χ3v) is 6.38. The Hall–Kier alpha value is -1.28. The normalized spacial score (nSPS) is 12.5. The van der Waals surface area contributed by atoms with E-state index in [1.54, 1.807) is 37.3 Å². The van der Waals surface area contributed by atoms with Gasteiger partial charge in [0.05, 0.1) is 17.0 Å². The van der Waals surface area contributed by atoms with Crippen molar-refractivity contribution in [2.24, 2.45) is 0 Å². The maximum atomic E-state index is 12.7. The van der Waals surface area contributed by atoms with Crippen LogP contribution in [0.25, 0.3) is 0 Å². The van der Waals surface area contributed by atoms with Crippen molar-refractivity contribution in [3.05, 3.63) is 56.5 Å². The molecule has 0 radical (unpaired) electrons. The fourth-order valence-electron chi connectivity index (χ4n) is 2.42. The number of halogens is 3. The number of sulfonamides is 1. The van der Waals surface area contributed by atoms with Crippen molar-refractivity contribution in [2.45, 2.75) is 19.9 Å². The van der Waals surface area contributed by atoms with Gasteiger partial charge in [-0.15, -0.1) is 0 Å². The minimum absolute atomic E-state index is 0.358. The number of hydrogen-bond donors (Lipinski definition) is 1. The second-order valence-electron chi connectivity index (χ2n) is 5.78. The first kappa shape index (κ1) is 21.0. The smallest absolute Gasteiger partial charge is 0.247 e. The van der Waals surface area contributed by atoms with Crippen LogP contribution in [0.1, 0.15) is 12.5 Å². The van der Waals surface area contributed by atoms with Crippen molar-refractivity contribution in [1.82, 2.24) is 0 Å². The number of hydrogen-bond acceptors (Lipinski definition) is 3. The highest BCUT2D eigenvalue weighted by molar-refractivity contribution is 9.10. The van der Waals surface area contributed by atoms with E-state index in [9.17, 15) is 13.2 Å². The molecule has 0 aliphatic heterocycles. The molecule has 0 aromatic heterocycles. The average molecular weight is 480 g/mol. The molecule has 1 N–H and O–H groups in total. The molecule has 140 valence electrons. The quantitative estimate of drug-likeness (QED) is 0.665. The van der Waals surface area contributed by atoms with E-state index in [1.807, 2.05) is 0 Å². The van der Waals surface area contributed by atoms with Crippen molar-refractivity contribution in [2.75, 3.05) is 15.9 Å². The Labute approximate surface area is 171 Å². The predicted molar refractivity (Wildman–Crippen MR) is 111 cm³/mol. The van der Waals surface area contributed by atoms with E-state index in [1.165, 1.54) is 13.0 Å². The van der Waals surface area contributed by atoms with Gasteiger partial charge in [-0.05, 0) is 65.7 Å². The van der Waals surface area contributed by atoms with Gasteiger partial charge >= 0.3 is 0 Å². The molecule has 9 heteroatoms. The monoisotopic (exact) mass is 478 g/mol. The molecule has 0 aliphatic rings. The van der Waals surface area contributed by atoms with Gasteiger partial charge in [0.1, 0.15) is 6.04 Å². The number of nitrogens with zero attached hydrogens (tertiary/aromatic N) is 1. The summed E-state index contributed by atoms with van der Waals surface area (Å²) in [6.07, 6.45) is 1.05. The van der Waals surface area contributed by atoms with Crippen LogP contribution in [0.2, 0.25) is 10.0 Å². The molecule has 0 fully saturated rings. The zero-order valence-corrected chi connectivity index (χ0v) is 18.2. The number of anilines is 2. The van der Waals surface area contributed by atoms with Crippen LogP contribution >= 0.6 is 39.1 Å². The maximum absolute atomic E-state index is 12.7. The molecule has 2 aromatic rings. The van der Waals surface area contributed by atoms with E-state index >= 15 is 0 Å². The van der Waals surface area contributed by atoms with Crippen LogP contribution in [0, 0.1) is 6.92 Å². The Kier molecular flexibility index (Phi) is 6.60. The van der Waals surface area contributed by atoms with Gasteiger partial charge in [0.2, 0.25) is 15.9 Å². The summed E-state index contributed by atoms with van der Waals surface area (Å²) in [6, 6.07) is 8.83. The molecule has 0 saturated carbocycles. The van der Waals surface area contributed by atoms with Gasteiger partial charge in [-0.2, -0.15) is 0 Å². The Balaban J connectivity index is 2.37. The van der Waals surface area contributed by atoms with Crippen LogP contribution in [0.5, 0.6) is 0 Å². The lowest BCUT2D eigenvalue weighted by molar-refractivity contribution is -0.116. The number of benzene rings is 2. The molecule has 2 aromatic carbocycles. The van der Waals surface area contributed by atoms with Crippen LogP contribution in [0.4, 0.5) is 11.4 Å². The minimum Gasteiger partial charge on any atom is -0.324 e. The van der Waals surface area contributed by atoms with Crippen LogP contribution < -0.4 is 9.62 Å². The van der Waals surface area contributed by atoms with Crippen LogP contribution in [0.3, 0.4) is 0 Å². The average Bonchev–Trinajstić information content (AvgIpc) is 2.53. The number of carbonyl (C=O) groups is 1. The van der Waals surface area contributed by atoms with Crippen molar-refractivity contribution in [3.63, 3.8) is 0 Å². The molecule has 0 spiro atoms. The van der Waals surface area contributed by atoms with Crippen molar-refractivity contribution < 1.29 is 13.2 Å². The molecular weight excluding hydrogens is 463 g/mol. The topological polar surface area (TPSA) is 66.5 Å². The highest BCUT2D eigenvalue weighted by Crippen LogP contribution is 2.29. The summed E-state index contributed by atoms with van der Waals surface area (Å²) in [5.74, 6) is -0.492. The predicted octanol–water partition coefficient (Wildman–Crippen LogP) is 4.86. The number of carbonyl (C=O) groups excluding carboxylic acids is 1. The van der Waals surface area contributed by atoms with Gasteiger partial charge in [-0.1, -0.05) is 29.3 Å². The number of amides is 1. The third-order valence-electron chi connectivity index (χ3n) is 3.68. The lowest BCUT2D eigenvalue weighted by Crippen LogP contribution is -2.45. The Morgan fingerprint density at radius 3 is 2.42 bits per heavy atom. The molecule has 0 heterocycles. The maximum Gasteiger partial charge on any atom is 0.247 e. The Morgan fingerprint density at radius 2 is 1.85 bits per heavy atom. The van der Waals surface area contributed by atoms with E-state index in [0.29, 0.717) is 31.5 Å². The standard InChI is InChI=1S/C17H17BrCl2N2O3S/c1-10-4-5-12(19)8-16(10)22(26(3,24)25)11(2)17(23)21-13-6-7-14(18)15(20)9-13/h4-9,11H,1-3H3,(H,21,23)/t11-/m1/s1. The lowest BCUT2D eigenvalue weighted by Gasteiger charge is -2.29. The largest absolute Gasteiger partial charge is 0.324 e. The van der Waals surface area contributed by atoms with Gasteiger partial charge in [0.15, 0.2) is 0 Å². The second-order valence-corrected chi connectivity index (χ2v) is 9.34. The van der Waals surface area contributed by atoms with Crippen molar-refractivity contribution >= 4 is 66.4 Å². The summed E-state index contributed by atoms with van der Waals surface area (Å²) in [6.45, 7) is 3.26. The SMILES string of the molecule is Cc1ccc(Cl)cc1N([C@H](C)C(=O)Nc1ccc(Br)c(Cl)c1)S(C)(=O)=O. The second kappa shape index (κ2) is 8.17. The fraction of sp³-hybridized carbons (Fsp3) is 0.235. The molecule has 1 atom stereocenters. The summed E-state index contributed by atoms with van der Waals surface area (Å²) in [7, 11) is -3.73. The van der Waals surface area contributed by atoms with E-state index < -0.39 is 22.0 Å². The molecule has 26 heavy (non-hydrogen) atoms. The molecule has 0 saturated heterocycles. The summed E-state index contributed by atoms with van der Waals surface area (Å²) in [5, 5.41) is 3.50. The third kappa shape index (κ3) is 4.91. The molecule has 5 nitrogen and oxygen atoms in total. The van der Waals surface area contributed by atoms with Crippen LogP contribution in [-0.2, 0) is 14.8 Å². The number of nitrogens with one attached hydrogen (secondary N) is 1. The van der Waals surface area contributed by atoms with Gasteiger partial charge in [0, 0.05) is 15.2 Å². The molecule has 0 bridgehead atoms. The molecule has 0 unspecified atom stereocenters. The van der Waals surface area contributed by atoms with E-state index in [2.05, 4.69) is 21.2 Å². The van der Waals surface area contributed by atoms with Gasteiger partial charge in [-0.25, -0.2) is 8.42 Å². The number of aryl methyl sites for hydroxylation is 1. The highest BCUT2D eigenvalue weighted by Gasteiger charge is 2.30. The fourth-order valence-corrected chi connectivity index (χ4v) is 4.24. The highest BCUT2D eigenvalue weighted by atomic mass is 79.9. The van der Waals surface area contributed by atoms with Crippen LogP contribution in [0.15, 0.2) is 40.9 Å². The van der Waals surface area contributed by atoms with E-state index in [0.717, 1.165) is 10.6 Å². The number of rotatable bonds is 5. The Bertz CT molecular complexity index is 951. The summed E-state index contributed by atoms with van der Waals surface area (Å²) in [4.78, 5) is 12.7. The first-order valence-corrected chi connectivity index (χ1v) is 10.9. The first-order valence-electron chi connectivity index (χ1n) is 7.52. The van der Waals surface area contributed by atoms with Gasteiger partial charge in [-0.3, -0.25) is 9.10 Å². The summed E-state index contributed by atoms with van der Waals surface area (Å²) in [5.41, 5.74) is 1.51. The van der Waals surface area contributed by atoms with Gasteiger partial charge in [0.25, 0.3) is 0 Å². The minimum atomic E-state index is -3.73. The van der Waals surface area contributed by atoms with Crippen LogP contribution in [-0.4, -0.2) is 26.6 Å². The molecule has 2 rings (SSSR count). The Morgan fingerprint density at radius 1 is 1.19 bits per heavy atom. The van der Waals surface area contributed by atoms with Gasteiger partial charge < -0.3 is 5.32 Å². The van der Waals surface area contributed by atoms with Crippen molar-refractivity contribution in [3.8, 4) is 0 Å². The van der Waals surface area contributed by atoms with E-state index in [4.69, 9.17) is 23.2 Å². The first-order chi connectivity index (χ1) is 12.0. The van der Waals surface area contributed by atoms with Crippen molar-refractivity contribution in [1.29, 1.82) is 0 Å². The molecular formula is C17H17BrCl2N2O3S. The summed E-state index contributed by atoms with van der Waals surface area (Å²) < 4.78 is 26.5. The summed E-state index contributed by atoms with van der Waals surface area (Å²) >= 11 is 15.3. The lowest BCUT2D eigenvalue weighted by atomic mass is 10.1.